The normalized spacial score (nSPS) is 10.2. The lowest BCUT2D eigenvalue weighted by Crippen LogP contribution is -1.97. The average Bonchev–Trinajstić information content (AvgIpc) is 2.33. The number of benzene rings is 1. The third kappa shape index (κ3) is 2.69. The number of hydrogen-bond donors (Lipinski definition) is 1. The SMILES string of the molecule is C=C(Cc1cccnc1)c1cc(F)ccc1N. The summed E-state index contributed by atoms with van der Waals surface area (Å²) in [6.07, 6.45) is 4.09. The topological polar surface area (TPSA) is 38.9 Å². The zero-order chi connectivity index (χ0) is 12.3. The number of hydrogen-bond acceptors (Lipinski definition) is 2. The highest BCUT2D eigenvalue weighted by Gasteiger charge is 2.06. The van der Waals surface area contributed by atoms with Crippen LogP contribution in [0.4, 0.5) is 10.1 Å². The molecule has 1 aromatic heterocycles. The van der Waals surface area contributed by atoms with Gasteiger partial charge in [0.05, 0.1) is 0 Å². The van der Waals surface area contributed by atoms with E-state index in [4.69, 9.17) is 5.73 Å². The Balaban J connectivity index is 2.23. The number of anilines is 1. The molecule has 2 N–H and O–H groups in total. The highest BCUT2D eigenvalue weighted by molar-refractivity contribution is 5.74. The van der Waals surface area contributed by atoms with Crippen LogP contribution in [0, 0.1) is 5.82 Å². The summed E-state index contributed by atoms with van der Waals surface area (Å²) in [5.41, 5.74) is 8.82. The van der Waals surface area contributed by atoms with Crippen molar-refractivity contribution in [3.63, 3.8) is 0 Å². The van der Waals surface area contributed by atoms with Crippen molar-refractivity contribution in [3.05, 3.63) is 66.2 Å². The summed E-state index contributed by atoms with van der Waals surface area (Å²) in [7, 11) is 0. The van der Waals surface area contributed by atoms with E-state index in [0.717, 1.165) is 11.1 Å². The van der Waals surface area contributed by atoms with Crippen molar-refractivity contribution >= 4 is 11.3 Å². The van der Waals surface area contributed by atoms with Crippen LogP contribution in [0.15, 0.2) is 49.3 Å². The molecule has 0 atom stereocenters. The molecule has 0 bridgehead atoms. The quantitative estimate of drug-likeness (QED) is 0.820. The van der Waals surface area contributed by atoms with Gasteiger partial charge in [0, 0.05) is 23.6 Å². The van der Waals surface area contributed by atoms with Gasteiger partial charge in [0.1, 0.15) is 5.82 Å². The van der Waals surface area contributed by atoms with E-state index in [0.29, 0.717) is 17.7 Å². The van der Waals surface area contributed by atoms with Crippen LogP contribution in [-0.4, -0.2) is 4.98 Å². The maximum absolute atomic E-state index is 13.1. The zero-order valence-corrected chi connectivity index (χ0v) is 9.36. The molecule has 0 saturated heterocycles. The molecule has 0 radical (unpaired) electrons. The monoisotopic (exact) mass is 228 g/mol. The summed E-state index contributed by atoms with van der Waals surface area (Å²) in [5.74, 6) is -0.304. The Kier molecular flexibility index (Phi) is 3.19. The van der Waals surface area contributed by atoms with Crippen LogP contribution in [-0.2, 0) is 6.42 Å². The van der Waals surface area contributed by atoms with Gasteiger partial charge in [-0.2, -0.15) is 0 Å². The van der Waals surface area contributed by atoms with E-state index in [2.05, 4.69) is 11.6 Å². The number of nitrogens with two attached hydrogens (primary N) is 1. The largest absolute Gasteiger partial charge is 0.398 e. The van der Waals surface area contributed by atoms with Crippen LogP contribution in [0.25, 0.3) is 5.57 Å². The second-order valence-electron chi connectivity index (χ2n) is 3.87. The molecule has 0 spiro atoms. The Morgan fingerprint density at radius 2 is 2.18 bits per heavy atom. The van der Waals surface area contributed by atoms with E-state index < -0.39 is 0 Å². The van der Waals surface area contributed by atoms with Crippen molar-refractivity contribution in [1.29, 1.82) is 0 Å². The fraction of sp³-hybridized carbons (Fsp3) is 0.0714. The van der Waals surface area contributed by atoms with E-state index >= 15 is 0 Å². The minimum Gasteiger partial charge on any atom is -0.398 e. The summed E-state index contributed by atoms with van der Waals surface area (Å²) in [6, 6.07) is 8.12. The van der Waals surface area contributed by atoms with E-state index in [1.807, 2.05) is 12.1 Å². The molecule has 0 fully saturated rings. The maximum atomic E-state index is 13.1. The minimum atomic E-state index is -0.304. The predicted molar refractivity (Wildman–Crippen MR) is 67.8 cm³/mol. The van der Waals surface area contributed by atoms with Gasteiger partial charge in [-0.25, -0.2) is 4.39 Å². The molecule has 2 aromatic rings. The molecular weight excluding hydrogens is 215 g/mol. The van der Waals surface area contributed by atoms with Gasteiger partial charge < -0.3 is 5.73 Å². The van der Waals surface area contributed by atoms with Gasteiger partial charge in [-0.1, -0.05) is 12.6 Å². The van der Waals surface area contributed by atoms with E-state index in [1.54, 1.807) is 18.5 Å². The second-order valence-corrected chi connectivity index (χ2v) is 3.87. The fourth-order valence-electron chi connectivity index (χ4n) is 1.68. The Morgan fingerprint density at radius 1 is 1.35 bits per heavy atom. The number of halogens is 1. The summed E-state index contributed by atoms with van der Waals surface area (Å²) < 4.78 is 13.1. The van der Waals surface area contributed by atoms with Gasteiger partial charge in [-0.3, -0.25) is 4.98 Å². The number of nitrogen functional groups attached to an aromatic ring is 1. The van der Waals surface area contributed by atoms with Crippen LogP contribution >= 0.6 is 0 Å². The highest BCUT2D eigenvalue weighted by Crippen LogP contribution is 2.24. The molecule has 86 valence electrons. The van der Waals surface area contributed by atoms with Crippen LogP contribution in [0.2, 0.25) is 0 Å². The lowest BCUT2D eigenvalue weighted by molar-refractivity contribution is 0.627. The van der Waals surface area contributed by atoms with Crippen LogP contribution in [0.5, 0.6) is 0 Å². The lowest BCUT2D eigenvalue weighted by atomic mass is 9.99. The molecule has 0 aliphatic heterocycles. The summed E-state index contributed by atoms with van der Waals surface area (Å²) in [5, 5.41) is 0. The first kappa shape index (κ1) is 11.3. The number of rotatable bonds is 3. The van der Waals surface area contributed by atoms with Gasteiger partial charge in [0.2, 0.25) is 0 Å². The molecule has 0 unspecified atom stereocenters. The molecule has 2 nitrogen and oxygen atoms in total. The number of pyridine rings is 1. The van der Waals surface area contributed by atoms with E-state index in [1.165, 1.54) is 12.1 Å². The molecule has 0 saturated carbocycles. The summed E-state index contributed by atoms with van der Waals surface area (Å²) in [4.78, 5) is 4.02. The van der Waals surface area contributed by atoms with Crippen molar-refractivity contribution in [1.82, 2.24) is 4.98 Å². The Bertz CT molecular complexity index is 535. The molecule has 3 heteroatoms. The number of aromatic nitrogens is 1. The number of nitrogens with zero attached hydrogens (tertiary/aromatic N) is 1. The molecule has 0 aliphatic rings. The first-order valence-electron chi connectivity index (χ1n) is 5.29. The molecule has 2 rings (SSSR count). The maximum Gasteiger partial charge on any atom is 0.123 e. The third-order valence-corrected chi connectivity index (χ3v) is 2.54. The van der Waals surface area contributed by atoms with Crippen molar-refractivity contribution in [3.8, 4) is 0 Å². The van der Waals surface area contributed by atoms with E-state index in [9.17, 15) is 4.39 Å². The minimum absolute atomic E-state index is 0.304. The summed E-state index contributed by atoms with van der Waals surface area (Å²) in [6.45, 7) is 3.95. The first-order valence-corrected chi connectivity index (χ1v) is 5.29. The van der Waals surface area contributed by atoms with Crippen molar-refractivity contribution in [2.45, 2.75) is 6.42 Å². The van der Waals surface area contributed by atoms with Gasteiger partial charge in [-0.15, -0.1) is 0 Å². The smallest absolute Gasteiger partial charge is 0.123 e. The standard InChI is InChI=1S/C14H13FN2/c1-10(7-11-3-2-6-17-9-11)13-8-12(15)4-5-14(13)16/h2-6,8-9H,1,7,16H2. The van der Waals surface area contributed by atoms with Crippen LogP contribution in [0.1, 0.15) is 11.1 Å². The number of allylic oxidation sites excluding steroid dienone is 1. The molecule has 17 heavy (non-hydrogen) atoms. The van der Waals surface area contributed by atoms with Crippen molar-refractivity contribution in [2.75, 3.05) is 5.73 Å². The third-order valence-electron chi connectivity index (χ3n) is 2.54. The van der Waals surface area contributed by atoms with Gasteiger partial charge in [0.25, 0.3) is 0 Å². The van der Waals surface area contributed by atoms with Gasteiger partial charge in [-0.05, 0) is 41.8 Å². The zero-order valence-electron chi connectivity index (χ0n) is 9.36. The lowest BCUT2D eigenvalue weighted by Gasteiger charge is -2.09. The Hall–Kier alpha value is -2.16. The van der Waals surface area contributed by atoms with E-state index in [-0.39, 0.29) is 5.82 Å². The average molecular weight is 228 g/mol. The predicted octanol–water partition coefficient (Wildman–Crippen LogP) is 3.06. The Labute approximate surface area is 99.6 Å². The van der Waals surface area contributed by atoms with Crippen LogP contribution in [0.3, 0.4) is 0 Å². The van der Waals surface area contributed by atoms with Crippen LogP contribution < -0.4 is 5.73 Å². The van der Waals surface area contributed by atoms with Crippen molar-refractivity contribution in [2.24, 2.45) is 0 Å². The first-order chi connectivity index (χ1) is 8.16. The second kappa shape index (κ2) is 4.78. The molecular formula is C14H13FN2. The van der Waals surface area contributed by atoms with Gasteiger partial charge in [0.15, 0.2) is 0 Å². The Morgan fingerprint density at radius 3 is 2.88 bits per heavy atom. The molecule has 1 aromatic carbocycles. The van der Waals surface area contributed by atoms with Crippen molar-refractivity contribution < 1.29 is 4.39 Å². The molecule has 1 heterocycles. The highest BCUT2D eigenvalue weighted by atomic mass is 19.1. The fourth-order valence-corrected chi connectivity index (χ4v) is 1.68. The van der Waals surface area contributed by atoms with Gasteiger partial charge >= 0.3 is 0 Å². The summed E-state index contributed by atoms with van der Waals surface area (Å²) >= 11 is 0. The molecule has 0 amide bonds. The molecule has 0 aliphatic carbocycles.